The molecule has 0 saturated heterocycles. The number of furan rings is 1. The zero-order valence-electron chi connectivity index (χ0n) is 10.8. The molecule has 0 saturated carbocycles. The maximum absolute atomic E-state index is 10.4. The highest BCUT2D eigenvalue weighted by Gasteiger charge is 2.16. The number of hydrogen-bond donors (Lipinski definition) is 1. The first-order valence-corrected chi connectivity index (χ1v) is 7.89. The Morgan fingerprint density at radius 2 is 1.95 bits per heavy atom. The number of fused-ring (bicyclic) bond motifs is 1. The molecule has 0 amide bonds. The second kappa shape index (κ2) is 6.01. The van der Waals surface area contributed by atoms with Crippen molar-refractivity contribution in [2.75, 3.05) is 0 Å². The molecule has 108 valence electrons. The molecule has 0 fully saturated rings. The van der Waals surface area contributed by atoms with Crippen LogP contribution in [0.25, 0.3) is 11.0 Å². The third-order valence-corrected chi connectivity index (χ3v) is 4.49. The average Bonchev–Trinajstić information content (AvgIpc) is 2.88. The van der Waals surface area contributed by atoms with E-state index in [4.69, 9.17) is 27.6 Å². The van der Waals surface area contributed by atoms with Gasteiger partial charge in [-0.15, -0.1) is 0 Å². The van der Waals surface area contributed by atoms with Gasteiger partial charge in [-0.05, 0) is 51.8 Å². The molecular weight excluding hydrogens is 375 g/mol. The molecule has 1 N–H and O–H groups in total. The van der Waals surface area contributed by atoms with Gasteiger partial charge in [0.15, 0.2) is 0 Å². The lowest BCUT2D eigenvalue weighted by atomic mass is 10.1. The molecule has 2 aromatic carbocycles. The summed E-state index contributed by atoms with van der Waals surface area (Å²) in [6, 6.07) is 12.8. The monoisotopic (exact) mass is 384 g/mol. The Kier molecular flexibility index (Phi) is 4.27. The van der Waals surface area contributed by atoms with E-state index in [1.165, 1.54) is 0 Å². The Balaban J connectivity index is 1.91. The number of aliphatic hydroxyl groups is 1. The first kappa shape index (κ1) is 14.9. The maximum atomic E-state index is 10.4. The van der Waals surface area contributed by atoms with Crippen LogP contribution in [0.15, 0.2) is 51.4 Å². The van der Waals surface area contributed by atoms with Crippen LogP contribution in [0.1, 0.15) is 17.4 Å². The zero-order chi connectivity index (χ0) is 15.0. The summed E-state index contributed by atoms with van der Waals surface area (Å²) in [5.74, 6) is 0.507. The van der Waals surface area contributed by atoms with Crippen molar-refractivity contribution in [1.82, 2.24) is 0 Å². The van der Waals surface area contributed by atoms with Crippen molar-refractivity contribution < 1.29 is 9.52 Å². The van der Waals surface area contributed by atoms with E-state index in [9.17, 15) is 5.11 Å². The van der Waals surface area contributed by atoms with Crippen LogP contribution in [0.4, 0.5) is 0 Å². The molecular formula is C16H11BrCl2O2. The van der Waals surface area contributed by atoms with Gasteiger partial charge in [-0.1, -0.05) is 35.3 Å². The summed E-state index contributed by atoms with van der Waals surface area (Å²) in [6.07, 6.45) is -0.433. The smallest absolute Gasteiger partial charge is 0.148 e. The van der Waals surface area contributed by atoms with Gasteiger partial charge in [0.05, 0.1) is 4.47 Å². The van der Waals surface area contributed by atoms with Crippen LogP contribution in [0.3, 0.4) is 0 Å². The Hall–Kier alpha value is -1.00. The van der Waals surface area contributed by atoms with Crippen LogP contribution in [0, 0.1) is 0 Å². The number of aliphatic hydroxyl groups excluding tert-OH is 1. The summed E-state index contributed by atoms with van der Waals surface area (Å²) in [5, 5.41) is 12.5. The van der Waals surface area contributed by atoms with E-state index in [1.807, 2.05) is 24.3 Å². The molecule has 21 heavy (non-hydrogen) atoms. The van der Waals surface area contributed by atoms with Crippen molar-refractivity contribution in [3.8, 4) is 0 Å². The molecule has 1 aromatic heterocycles. The normalized spacial score (nSPS) is 12.8. The molecule has 0 aliphatic carbocycles. The number of hydrogen-bond acceptors (Lipinski definition) is 2. The molecule has 1 unspecified atom stereocenters. The average molecular weight is 386 g/mol. The third kappa shape index (κ3) is 3.11. The molecule has 0 spiro atoms. The predicted octanol–water partition coefficient (Wildman–Crippen LogP) is 5.78. The number of benzene rings is 2. The second-order valence-electron chi connectivity index (χ2n) is 4.76. The maximum Gasteiger partial charge on any atom is 0.148 e. The summed E-state index contributed by atoms with van der Waals surface area (Å²) in [4.78, 5) is 0. The molecule has 1 atom stereocenters. The van der Waals surface area contributed by atoms with Crippen LogP contribution in [0.2, 0.25) is 10.0 Å². The number of halogens is 3. The molecule has 0 radical (unpaired) electrons. The van der Waals surface area contributed by atoms with E-state index in [0.717, 1.165) is 21.0 Å². The third-order valence-electron chi connectivity index (χ3n) is 3.26. The largest absolute Gasteiger partial charge is 0.457 e. The summed E-state index contributed by atoms with van der Waals surface area (Å²) >= 11 is 15.5. The second-order valence-corrected chi connectivity index (χ2v) is 6.46. The molecule has 0 aliphatic rings. The first-order chi connectivity index (χ1) is 10.0. The van der Waals surface area contributed by atoms with Gasteiger partial charge in [0, 0.05) is 21.9 Å². The van der Waals surface area contributed by atoms with E-state index in [2.05, 4.69) is 15.9 Å². The number of para-hydroxylation sites is 1. The van der Waals surface area contributed by atoms with Crippen LogP contribution < -0.4 is 0 Å². The summed E-state index contributed by atoms with van der Waals surface area (Å²) in [7, 11) is 0. The van der Waals surface area contributed by atoms with Gasteiger partial charge in [0.1, 0.15) is 17.4 Å². The molecule has 3 aromatic rings. The Morgan fingerprint density at radius 3 is 2.71 bits per heavy atom. The Bertz CT molecular complexity index is 798. The minimum Gasteiger partial charge on any atom is -0.457 e. The van der Waals surface area contributed by atoms with Crippen LogP contribution >= 0.6 is 39.1 Å². The van der Waals surface area contributed by atoms with Gasteiger partial charge in [-0.3, -0.25) is 0 Å². The van der Waals surface area contributed by atoms with E-state index in [1.54, 1.807) is 18.2 Å². The Labute approximate surface area is 140 Å². The SMILES string of the molecule is OC(Cc1cc(Cl)ccc1Cl)c1cc2cccc(Br)c2o1. The van der Waals surface area contributed by atoms with Crippen molar-refractivity contribution in [3.05, 3.63) is 68.3 Å². The molecule has 0 bridgehead atoms. The zero-order valence-corrected chi connectivity index (χ0v) is 13.9. The van der Waals surface area contributed by atoms with Gasteiger partial charge in [0.2, 0.25) is 0 Å². The minimum absolute atomic E-state index is 0.344. The van der Waals surface area contributed by atoms with Gasteiger partial charge >= 0.3 is 0 Å². The highest BCUT2D eigenvalue weighted by molar-refractivity contribution is 9.10. The van der Waals surface area contributed by atoms with Gasteiger partial charge in [-0.25, -0.2) is 0 Å². The molecule has 5 heteroatoms. The minimum atomic E-state index is -0.778. The van der Waals surface area contributed by atoms with E-state index < -0.39 is 6.10 Å². The first-order valence-electron chi connectivity index (χ1n) is 6.34. The predicted molar refractivity (Wildman–Crippen MR) is 89.0 cm³/mol. The topological polar surface area (TPSA) is 33.4 Å². The van der Waals surface area contributed by atoms with Crippen molar-refractivity contribution in [1.29, 1.82) is 0 Å². The molecule has 1 heterocycles. The fourth-order valence-electron chi connectivity index (χ4n) is 2.22. The van der Waals surface area contributed by atoms with Crippen molar-refractivity contribution in [2.24, 2.45) is 0 Å². The number of rotatable bonds is 3. The van der Waals surface area contributed by atoms with E-state index >= 15 is 0 Å². The lowest BCUT2D eigenvalue weighted by Crippen LogP contribution is -2.01. The highest BCUT2D eigenvalue weighted by Crippen LogP contribution is 2.32. The Morgan fingerprint density at radius 1 is 1.14 bits per heavy atom. The fraction of sp³-hybridized carbons (Fsp3) is 0.125. The van der Waals surface area contributed by atoms with Gasteiger partial charge in [0.25, 0.3) is 0 Å². The van der Waals surface area contributed by atoms with E-state index in [0.29, 0.717) is 22.2 Å². The van der Waals surface area contributed by atoms with Crippen LogP contribution in [-0.4, -0.2) is 5.11 Å². The summed E-state index contributed by atoms with van der Waals surface area (Å²) in [6.45, 7) is 0. The standard InChI is InChI=1S/C16H11BrCl2O2/c17-12-3-1-2-9-8-15(21-16(9)12)14(20)7-10-6-11(18)4-5-13(10)19/h1-6,8,14,20H,7H2. The lowest BCUT2D eigenvalue weighted by Gasteiger charge is -2.09. The van der Waals surface area contributed by atoms with Crippen molar-refractivity contribution in [3.63, 3.8) is 0 Å². The quantitative estimate of drug-likeness (QED) is 0.619. The highest BCUT2D eigenvalue weighted by atomic mass is 79.9. The molecule has 0 aliphatic heterocycles. The van der Waals surface area contributed by atoms with Crippen LogP contribution in [0.5, 0.6) is 0 Å². The van der Waals surface area contributed by atoms with Crippen molar-refractivity contribution in [2.45, 2.75) is 12.5 Å². The fourth-order valence-corrected chi connectivity index (χ4v) is 3.07. The van der Waals surface area contributed by atoms with Gasteiger partial charge < -0.3 is 9.52 Å². The van der Waals surface area contributed by atoms with Gasteiger partial charge in [-0.2, -0.15) is 0 Å². The van der Waals surface area contributed by atoms with Crippen LogP contribution in [-0.2, 0) is 6.42 Å². The lowest BCUT2D eigenvalue weighted by molar-refractivity contribution is 0.152. The molecule has 3 rings (SSSR count). The van der Waals surface area contributed by atoms with E-state index in [-0.39, 0.29) is 0 Å². The van der Waals surface area contributed by atoms with Crippen molar-refractivity contribution >= 4 is 50.1 Å². The summed E-state index contributed by atoms with van der Waals surface area (Å²) in [5.41, 5.74) is 1.51. The molecule has 2 nitrogen and oxygen atoms in total. The summed E-state index contributed by atoms with van der Waals surface area (Å²) < 4.78 is 6.59.